The van der Waals surface area contributed by atoms with Crippen molar-refractivity contribution in [3.8, 4) is 5.75 Å². The number of hydrogen-bond acceptors (Lipinski definition) is 6. The summed E-state index contributed by atoms with van der Waals surface area (Å²) in [6.07, 6.45) is 1.56. The predicted octanol–water partition coefficient (Wildman–Crippen LogP) is 2.65. The Balaban J connectivity index is 1.54. The summed E-state index contributed by atoms with van der Waals surface area (Å²) in [4.78, 5) is 24.2. The third-order valence-corrected chi connectivity index (χ3v) is 4.80. The summed E-state index contributed by atoms with van der Waals surface area (Å²) in [6, 6.07) is 13.9. The molecule has 0 bridgehead atoms. The number of aryl methyl sites for hydroxylation is 1. The van der Waals surface area contributed by atoms with E-state index in [0.29, 0.717) is 10.9 Å². The van der Waals surface area contributed by atoms with E-state index in [4.69, 9.17) is 0 Å². The molecule has 2 amide bonds. The van der Waals surface area contributed by atoms with Crippen LogP contribution in [0.15, 0.2) is 58.7 Å². The van der Waals surface area contributed by atoms with Crippen LogP contribution in [-0.4, -0.2) is 33.6 Å². The molecule has 1 unspecified atom stereocenters. The van der Waals surface area contributed by atoms with Crippen molar-refractivity contribution in [3.63, 3.8) is 0 Å². The van der Waals surface area contributed by atoms with Gasteiger partial charge in [-0.15, -0.1) is 5.10 Å². The lowest BCUT2D eigenvalue weighted by Gasteiger charge is -2.07. The van der Waals surface area contributed by atoms with E-state index in [1.165, 1.54) is 18.0 Å². The Morgan fingerprint density at radius 3 is 2.63 bits per heavy atom. The smallest absolute Gasteiger partial charge is 0.240 e. The number of carbonyl (C=O) groups is 2. The van der Waals surface area contributed by atoms with E-state index in [2.05, 4.69) is 20.8 Å². The van der Waals surface area contributed by atoms with Crippen molar-refractivity contribution >= 4 is 40.6 Å². The highest BCUT2D eigenvalue weighted by molar-refractivity contribution is 8.15. The zero-order valence-electron chi connectivity index (χ0n) is 14.5. The number of benzene rings is 2. The molecule has 1 saturated heterocycles. The topological polar surface area (TPSA) is 103 Å². The average Bonchev–Trinajstić information content (AvgIpc) is 2.98. The summed E-state index contributed by atoms with van der Waals surface area (Å²) in [5, 5.41) is 22.3. The Morgan fingerprint density at radius 2 is 1.93 bits per heavy atom. The van der Waals surface area contributed by atoms with Gasteiger partial charge in [0.2, 0.25) is 11.8 Å². The van der Waals surface area contributed by atoms with Gasteiger partial charge in [0.05, 0.1) is 6.21 Å². The first-order chi connectivity index (χ1) is 13.0. The molecule has 0 radical (unpaired) electrons. The van der Waals surface area contributed by atoms with Crippen LogP contribution < -0.4 is 10.6 Å². The van der Waals surface area contributed by atoms with Crippen molar-refractivity contribution in [2.75, 3.05) is 5.32 Å². The van der Waals surface area contributed by atoms with Gasteiger partial charge in [0, 0.05) is 12.1 Å². The van der Waals surface area contributed by atoms with Gasteiger partial charge in [0.25, 0.3) is 0 Å². The highest BCUT2D eigenvalue weighted by Gasteiger charge is 2.32. The average molecular weight is 382 g/mol. The molecule has 2 aromatic carbocycles. The molecule has 1 heterocycles. The zero-order chi connectivity index (χ0) is 19.2. The second-order valence-corrected chi connectivity index (χ2v) is 7.15. The maximum absolute atomic E-state index is 12.1. The summed E-state index contributed by atoms with van der Waals surface area (Å²) in [7, 11) is 0. The third-order valence-electron chi connectivity index (χ3n) is 3.73. The van der Waals surface area contributed by atoms with Gasteiger partial charge < -0.3 is 15.7 Å². The van der Waals surface area contributed by atoms with E-state index < -0.39 is 5.25 Å². The summed E-state index contributed by atoms with van der Waals surface area (Å²) < 4.78 is 0. The summed E-state index contributed by atoms with van der Waals surface area (Å²) in [5.41, 5.74) is 2.56. The Morgan fingerprint density at radius 1 is 1.22 bits per heavy atom. The number of phenolic OH excluding ortho intramolecular Hbond substituents is 1. The molecular formula is C19H18N4O3S. The van der Waals surface area contributed by atoms with Gasteiger partial charge in [-0.2, -0.15) is 5.10 Å². The van der Waals surface area contributed by atoms with E-state index in [1.54, 1.807) is 24.3 Å². The molecular weight excluding hydrogens is 364 g/mol. The van der Waals surface area contributed by atoms with E-state index in [9.17, 15) is 14.7 Å². The molecule has 1 aliphatic heterocycles. The number of amidine groups is 1. The van der Waals surface area contributed by atoms with Crippen LogP contribution in [0.1, 0.15) is 17.5 Å². The number of hydrogen-bond donors (Lipinski definition) is 3. The number of aromatic hydroxyl groups is 1. The Kier molecular flexibility index (Phi) is 5.87. The van der Waals surface area contributed by atoms with Gasteiger partial charge in [0.15, 0.2) is 5.17 Å². The minimum Gasteiger partial charge on any atom is -0.508 e. The quantitative estimate of drug-likeness (QED) is 0.546. The van der Waals surface area contributed by atoms with Gasteiger partial charge in [-0.05, 0) is 48.9 Å². The fraction of sp³-hybridized carbons (Fsp3) is 0.158. The van der Waals surface area contributed by atoms with Crippen LogP contribution in [-0.2, 0) is 9.59 Å². The fourth-order valence-electron chi connectivity index (χ4n) is 2.31. The number of nitrogens with one attached hydrogen (secondary N) is 2. The largest absolute Gasteiger partial charge is 0.508 e. The number of thioether (sulfide) groups is 1. The van der Waals surface area contributed by atoms with Crippen molar-refractivity contribution < 1.29 is 14.7 Å². The molecule has 27 heavy (non-hydrogen) atoms. The van der Waals surface area contributed by atoms with Crippen LogP contribution in [0.4, 0.5) is 5.69 Å². The highest BCUT2D eigenvalue weighted by atomic mass is 32.2. The second-order valence-electron chi connectivity index (χ2n) is 5.96. The monoisotopic (exact) mass is 382 g/mol. The molecule has 1 atom stereocenters. The van der Waals surface area contributed by atoms with Crippen molar-refractivity contribution in [1.82, 2.24) is 5.32 Å². The van der Waals surface area contributed by atoms with Gasteiger partial charge >= 0.3 is 0 Å². The van der Waals surface area contributed by atoms with Crippen molar-refractivity contribution in [1.29, 1.82) is 0 Å². The number of nitrogens with zero attached hydrogens (tertiary/aromatic N) is 2. The molecule has 1 aliphatic rings. The fourth-order valence-corrected chi connectivity index (χ4v) is 3.24. The molecule has 3 rings (SSSR count). The molecule has 2 aromatic rings. The van der Waals surface area contributed by atoms with Crippen molar-refractivity contribution in [2.24, 2.45) is 10.2 Å². The van der Waals surface area contributed by atoms with Crippen molar-refractivity contribution in [3.05, 3.63) is 59.7 Å². The molecule has 138 valence electrons. The number of carbonyl (C=O) groups excluding carboxylic acids is 2. The van der Waals surface area contributed by atoms with Crippen LogP contribution in [0.2, 0.25) is 0 Å². The number of rotatable bonds is 5. The minimum atomic E-state index is -0.543. The number of phenols is 1. The first-order valence-corrected chi connectivity index (χ1v) is 9.12. The SMILES string of the molecule is Cc1ccc(NC(=O)CC2SC(=NN=Cc3ccc(O)cc3)NC2=O)cc1. The van der Waals surface area contributed by atoms with Gasteiger partial charge in [-0.1, -0.05) is 29.5 Å². The van der Waals surface area contributed by atoms with Crippen LogP contribution >= 0.6 is 11.8 Å². The third kappa shape index (κ3) is 5.42. The minimum absolute atomic E-state index is 0.0467. The molecule has 0 aliphatic carbocycles. The Bertz CT molecular complexity index is 892. The lowest BCUT2D eigenvalue weighted by atomic mass is 10.2. The van der Waals surface area contributed by atoms with E-state index in [1.807, 2.05) is 31.2 Å². The standard InChI is InChI=1S/C19H18N4O3S/c1-12-2-6-14(7-3-12)21-17(25)10-16-18(26)22-19(27-16)23-20-11-13-4-8-15(24)9-5-13/h2-9,11,16,24H,10H2,1H3,(H,21,25)(H,22,23,26). The summed E-state index contributed by atoms with van der Waals surface area (Å²) in [5.74, 6) is -0.332. The molecule has 8 heteroatoms. The second kappa shape index (κ2) is 8.50. The van der Waals surface area contributed by atoms with E-state index in [0.717, 1.165) is 11.1 Å². The summed E-state index contributed by atoms with van der Waals surface area (Å²) >= 11 is 1.17. The van der Waals surface area contributed by atoms with Gasteiger partial charge in [-0.25, -0.2) is 0 Å². The van der Waals surface area contributed by atoms with Crippen molar-refractivity contribution in [2.45, 2.75) is 18.6 Å². The first-order valence-electron chi connectivity index (χ1n) is 8.24. The molecule has 0 spiro atoms. The normalized spacial score (nSPS) is 18.0. The molecule has 1 fully saturated rings. The maximum Gasteiger partial charge on any atom is 0.240 e. The lowest BCUT2D eigenvalue weighted by molar-refractivity contribution is -0.122. The Labute approximate surface area is 160 Å². The Hall–Kier alpha value is -3.13. The van der Waals surface area contributed by atoms with Crippen LogP contribution in [0, 0.1) is 6.92 Å². The molecule has 3 N–H and O–H groups in total. The highest BCUT2D eigenvalue weighted by Crippen LogP contribution is 2.23. The lowest BCUT2D eigenvalue weighted by Crippen LogP contribution is -2.28. The van der Waals surface area contributed by atoms with E-state index >= 15 is 0 Å². The van der Waals surface area contributed by atoms with Crippen LogP contribution in [0.3, 0.4) is 0 Å². The van der Waals surface area contributed by atoms with E-state index in [-0.39, 0.29) is 24.0 Å². The van der Waals surface area contributed by atoms with Gasteiger partial charge in [0.1, 0.15) is 11.0 Å². The predicted molar refractivity (Wildman–Crippen MR) is 107 cm³/mol. The van der Waals surface area contributed by atoms with Gasteiger partial charge in [-0.3, -0.25) is 9.59 Å². The zero-order valence-corrected chi connectivity index (χ0v) is 15.4. The van der Waals surface area contributed by atoms with Crippen LogP contribution in [0.5, 0.6) is 5.75 Å². The molecule has 7 nitrogen and oxygen atoms in total. The maximum atomic E-state index is 12.1. The molecule has 0 aromatic heterocycles. The van der Waals surface area contributed by atoms with Crippen LogP contribution in [0.25, 0.3) is 0 Å². The number of anilines is 1. The summed E-state index contributed by atoms with van der Waals surface area (Å²) in [6.45, 7) is 1.97. The first kappa shape index (κ1) is 18.7. The number of amides is 2. The molecule has 0 saturated carbocycles.